The summed E-state index contributed by atoms with van der Waals surface area (Å²) in [5.41, 5.74) is 1.65. The molecule has 0 aliphatic rings. The minimum absolute atomic E-state index is 0. The number of anilines is 2. The Morgan fingerprint density at radius 3 is 2.04 bits per heavy atom. The Bertz CT molecular complexity index is 933. The summed E-state index contributed by atoms with van der Waals surface area (Å²) in [4.78, 5) is 32.1. The van der Waals surface area contributed by atoms with E-state index in [9.17, 15) is 9.59 Å². The monoisotopic (exact) mass is 588 g/mol. The Balaban J connectivity index is 0.00000261. The molecule has 27 heavy (non-hydrogen) atoms. The summed E-state index contributed by atoms with van der Waals surface area (Å²) in [6.45, 7) is 0. The van der Waals surface area contributed by atoms with Gasteiger partial charge in [-0.2, -0.15) is 0 Å². The minimum atomic E-state index is -0.472. The Morgan fingerprint density at radius 2 is 1.48 bits per heavy atom. The maximum atomic E-state index is 12.3. The van der Waals surface area contributed by atoms with Crippen molar-refractivity contribution < 1.29 is 37.3 Å². The van der Waals surface area contributed by atoms with Gasteiger partial charge < -0.3 is 10.6 Å². The standard InChI is InChI=1S/C18H12Cl2N4O2.Hg/c19-14-7-9-22-16(20)15(14)18(26)24-13-5-3-12(4-6-13)23-17(25)11-2-1-8-21-10-11;/h1-10H,(H,23,25)(H,24,26);. The average molecular weight is 588 g/mol. The quantitative estimate of drug-likeness (QED) is 0.353. The maximum absolute atomic E-state index is 12.3. The largest absolute Gasteiger partial charge is 0.322 e. The van der Waals surface area contributed by atoms with Gasteiger partial charge in [-0.25, -0.2) is 4.98 Å². The number of nitrogens with one attached hydrogen (secondary N) is 2. The fourth-order valence-electron chi connectivity index (χ4n) is 2.15. The Kier molecular flexibility index (Phi) is 7.71. The summed E-state index contributed by atoms with van der Waals surface area (Å²) in [6.07, 6.45) is 4.49. The molecule has 0 unspecified atom stereocenters. The topological polar surface area (TPSA) is 84.0 Å². The first kappa shape index (κ1) is 21.3. The summed E-state index contributed by atoms with van der Waals surface area (Å²) < 4.78 is 0. The predicted octanol–water partition coefficient (Wildman–Crippen LogP) is 4.29. The Morgan fingerprint density at radius 1 is 0.852 bits per heavy atom. The number of carbonyl (C=O) groups excluding carboxylic acids is 2. The van der Waals surface area contributed by atoms with Crippen LogP contribution in [-0.4, -0.2) is 21.8 Å². The summed E-state index contributed by atoms with van der Waals surface area (Å²) in [7, 11) is 0. The van der Waals surface area contributed by atoms with Gasteiger partial charge in [0.1, 0.15) is 5.15 Å². The van der Waals surface area contributed by atoms with Gasteiger partial charge in [-0.15, -0.1) is 0 Å². The van der Waals surface area contributed by atoms with Gasteiger partial charge in [0.05, 0.1) is 16.1 Å². The molecule has 0 aliphatic heterocycles. The molecule has 1 aromatic carbocycles. The van der Waals surface area contributed by atoms with Gasteiger partial charge in [-0.1, -0.05) is 23.2 Å². The molecule has 3 aromatic rings. The number of hydrogen-bond acceptors (Lipinski definition) is 4. The van der Waals surface area contributed by atoms with Crippen molar-refractivity contribution in [2.75, 3.05) is 10.6 Å². The van der Waals surface area contributed by atoms with Crippen LogP contribution in [0.25, 0.3) is 0 Å². The Labute approximate surface area is 185 Å². The molecule has 2 amide bonds. The van der Waals surface area contributed by atoms with Gasteiger partial charge in [-0.05, 0) is 42.5 Å². The van der Waals surface area contributed by atoms with E-state index < -0.39 is 5.91 Å². The molecule has 3 rings (SSSR count). The third kappa shape index (κ3) is 5.48. The number of rotatable bonds is 4. The molecule has 0 atom stereocenters. The molecule has 0 bridgehead atoms. The van der Waals surface area contributed by atoms with E-state index >= 15 is 0 Å². The first-order valence-corrected chi connectivity index (χ1v) is 8.23. The number of halogens is 2. The fourth-order valence-corrected chi connectivity index (χ4v) is 2.67. The molecule has 0 radical (unpaired) electrons. The third-order valence-corrected chi connectivity index (χ3v) is 4.01. The predicted molar refractivity (Wildman–Crippen MR) is 101 cm³/mol. The zero-order valence-corrected chi connectivity index (χ0v) is 21.0. The van der Waals surface area contributed by atoms with Crippen LogP contribution in [0.4, 0.5) is 11.4 Å². The molecule has 0 aliphatic carbocycles. The second-order valence-electron chi connectivity index (χ2n) is 5.19. The molecule has 2 N–H and O–H groups in total. The van der Waals surface area contributed by atoms with E-state index in [4.69, 9.17) is 23.2 Å². The Hall–Kier alpha value is -2.02. The van der Waals surface area contributed by atoms with E-state index in [1.54, 1.807) is 42.6 Å². The molecule has 6 nitrogen and oxygen atoms in total. The summed E-state index contributed by atoms with van der Waals surface area (Å²) >= 11 is 11.9. The summed E-state index contributed by atoms with van der Waals surface area (Å²) in [6, 6.07) is 11.5. The van der Waals surface area contributed by atoms with Gasteiger partial charge >= 0.3 is 0 Å². The van der Waals surface area contributed by atoms with E-state index in [1.807, 2.05) is 0 Å². The van der Waals surface area contributed by atoms with Crippen molar-refractivity contribution in [1.29, 1.82) is 0 Å². The molecule has 9 heteroatoms. The van der Waals surface area contributed by atoms with Crippen LogP contribution in [0.3, 0.4) is 0 Å². The van der Waals surface area contributed by atoms with Crippen molar-refractivity contribution in [2.45, 2.75) is 0 Å². The molecule has 132 valence electrons. The van der Waals surface area contributed by atoms with Crippen molar-refractivity contribution >= 4 is 46.4 Å². The fraction of sp³-hybridized carbons (Fsp3) is 0. The first-order valence-electron chi connectivity index (χ1n) is 7.47. The van der Waals surface area contributed by atoms with Crippen molar-refractivity contribution in [3.63, 3.8) is 0 Å². The van der Waals surface area contributed by atoms with Crippen molar-refractivity contribution in [3.8, 4) is 0 Å². The van der Waals surface area contributed by atoms with Crippen LogP contribution in [0.5, 0.6) is 0 Å². The third-order valence-electron chi connectivity index (χ3n) is 3.41. The van der Waals surface area contributed by atoms with Gasteiger partial charge in [0, 0.05) is 57.6 Å². The van der Waals surface area contributed by atoms with Crippen LogP contribution in [0.1, 0.15) is 20.7 Å². The van der Waals surface area contributed by atoms with Crippen molar-refractivity contribution in [1.82, 2.24) is 9.97 Å². The average Bonchev–Trinajstić information content (AvgIpc) is 2.64. The molecule has 0 saturated heterocycles. The number of pyridine rings is 2. The number of carbonyl (C=O) groups is 2. The molecule has 0 spiro atoms. The normalized spacial score (nSPS) is 9.85. The van der Waals surface area contributed by atoms with Crippen LogP contribution in [0, 0.1) is 0 Å². The van der Waals surface area contributed by atoms with Gasteiger partial charge in [0.2, 0.25) is 0 Å². The maximum Gasteiger partial charge on any atom is 0.260 e. The van der Waals surface area contributed by atoms with Gasteiger partial charge in [-0.3, -0.25) is 14.6 Å². The molecule has 2 heterocycles. The van der Waals surface area contributed by atoms with Crippen molar-refractivity contribution in [3.05, 3.63) is 82.4 Å². The van der Waals surface area contributed by atoms with Crippen molar-refractivity contribution in [2.24, 2.45) is 0 Å². The molecular formula is C18H12Cl2HgN4O2. The number of hydrogen-bond donors (Lipinski definition) is 2. The molecular weight excluding hydrogens is 576 g/mol. The second kappa shape index (κ2) is 9.78. The van der Waals surface area contributed by atoms with E-state index in [0.29, 0.717) is 16.9 Å². The smallest absolute Gasteiger partial charge is 0.260 e. The first-order chi connectivity index (χ1) is 12.5. The van der Waals surface area contributed by atoms with E-state index in [0.717, 1.165) is 0 Å². The number of benzene rings is 1. The van der Waals surface area contributed by atoms with E-state index in [2.05, 4.69) is 20.6 Å². The number of aromatic nitrogens is 2. The number of nitrogens with zero attached hydrogens (tertiary/aromatic N) is 2. The number of amides is 2. The van der Waals surface area contributed by atoms with Crippen LogP contribution in [0.2, 0.25) is 10.2 Å². The van der Waals surface area contributed by atoms with Gasteiger partial charge in [0.25, 0.3) is 11.8 Å². The van der Waals surface area contributed by atoms with Crippen LogP contribution < -0.4 is 10.6 Å². The molecule has 2 aromatic heterocycles. The minimum Gasteiger partial charge on any atom is -0.322 e. The summed E-state index contributed by atoms with van der Waals surface area (Å²) in [5.74, 6) is -0.746. The van der Waals surface area contributed by atoms with Crippen LogP contribution in [0.15, 0.2) is 61.1 Å². The summed E-state index contributed by atoms with van der Waals surface area (Å²) in [5, 5.41) is 5.66. The van der Waals surface area contributed by atoms with Crippen LogP contribution in [-0.2, 0) is 27.7 Å². The van der Waals surface area contributed by atoms with E-state index in [1.165, 1.54) is 18.5 Å². The zero-order valence-electron chi connectivity index (χ0n) is 13.9. The zero-order chi connectivity index (χ0) is 18.5. The molecule has 0 fully saturated rings. The molecule has 0 saturated carbocycles. The van der Waals surface area contributed by atoms with Crippen LogP contribution >= 0.6 is 23.2 Å². The van der Waals surface area contributed by atoms with E-state index in [-0.39, 0.29) is 49.3 Å². The van der Waals surface area contributed by atoms with Gasteiger partial charge in [0.15, 0.2) is 0 Å². The second-order valence-corrected chi connectivity index (χ2v) is 5.95. The SMILES string of the molecule is O=C(Nc1ccc(NC(=O)c2c(Cl)ccnc2Cl)cc1)c1cccnc1.[Hg].